The molecule has 0 amide bonds. The number of aromatic nitrogens is 3. The van der Waals surface area contributed by atoms with E-state index in [4.69, 9.17) is 16.1 Å². The van der Waals surface area contributed by atoms with Crippen LogP contribution in [-0.2, 0) is 12.4 Å². The maximum Gasteiger partial charge on any atom is 0.138 e. The summed E-state index contributed by atoms with van der Waals surface area (Å²) < 4.78 is 8.36. The van der Waals surface area contributed by atoms with Gasteiger partial charge in [0.2, 0.25) is 0 Å². The van der Waals surface area contributed by atoms with E-state index in [1.807, 2.05) is 26.0 Å². The maximum absolute atomic E-state index is 6.03. The summed E-state index contributed by atoms with van der Waals surface area (Å²) in [6, 6.07) is 6.02. The zero-order valence-electron chi connectivity index (χ0n) is 11.2. The molecule has 0 radical (unpaired) electrons. The molecule has 3 aromatic rings. The number of hydrogen-bond donors (Lipinski definition) is 0. The number of fused-ring (bicyclic) bond motifs is 1. The molecule has 0 bridgehead atoms. The van der Waals surface area contributed by atoms with Gasteiger partial charge in [-0.25, -0.2) is 4.98 Å². The normalized spacial score (nSPS) is 11.4. The molecule has 3 rings (SSSR count). The number of rotatable bonds is 3. The largest absolute Gasteiger partial charge is 0.361 e. The van der Waals surface area contributed by atoms with E-state index >= 15 is 0 Å². The minimum atomic E-state index is 0.371. The minimum absolute atomic E-state index is 0.371. The molecule has 0 fully saturated rings. The highest BCUT2D eigenvalue weighted by atomic mass is 79.9. The van der Waals surface area contributed by atoms with Crippen molar-refractivity contribution in [3.63, 3.8) is 0 Å². The SMILES string of the molecule is Cc1noc(C)c1Cn1c(CCl)nc2ccc(Br)cc21. The fourth-order valence-corrected chi connectivity index (χ4v) is 2.86. The Balaban J connectivity index is 2.16. The molecule has 0 saturated carbocycles. The third-order valence-corrected chi connectivity index (χ3v) is 4.14. The van der Waals surface area contributed by atoms with Crippen LogP contribution in [0.3, 0.4) is 0 Å². The number of hydrogen-bond acceptors (Lipinski definition) is 3. The van der Waals surface area contributed by atoms with Gasteiger partial charge in [-0.1, -0.05) is 21.1 Å². The van der Waals surface area contributed by atoms with Crippen LogP contribution < -0.4 is 0 Å². The van der Waals surface area contributed by atoms with Crippen molar-refractivity contribution in [2.45, 2.75) is 26.3 Å². The summed E-state index contributed by atoms with van der Waals surface area (Å²) in [7, 11) is 0. The quantitative estimate of drug-likeness (QED) is 0.662. The van der Waals surface area contributed by atoms with Crippen molar-refractivity contribution in [2.75, 3.05) is 0 Å². The molecule has 104 valence electrons. The number of alkyl halides is 1. The lowest BCUT2D eigenvalue weighted by Crippen LogP contribution is -2.05. The molecule has 20 heavy (non-hydrogen) atoms. The summed E-state index contributed by atoms with van der Waals surface area (Å²) in [6.45, 7) is 4.53. The van der Waals surface area contributed by atoms with Crippen molar-refractivity contribution in [1.82, 2.24) is 14.7 Å². The van der Waals surface area contributed by atoms with Gasteiger partial charge in [0.25, 0.3) is 0 Å². The molecule has 4 nitrogen and oxygen atoms in total. The first kappa shape index (κ1) is 13.6. The van der Waals surface area contributed by atoms with E-state index < -0.39 is 0 Å². The monoisotopic (exact) mass is 353 g/mol. The number of nitrogens with zero attached hydrogens (tertiary/aromatic N) is 3. The molecule has 2 heterocycles. The molecular weight excluding hydrogens is 342 g/mol. The van der Waals surface area contributed by atoms with Gasteiger partial charge in [-0.15, -0.1) is 11.6 Å². The Labute approximate surface area is 129 Å². The molecule has 0 unspecified atom stereocenters. The average Bonchev–Trinajstić information content (AvgIpc) is 2.93. The first-order valence-electron chi connectivity index (χ1n) is 6.22. The summed E-state index contributed by atoms with van der Waals surface area (Å²) in [6.07, 6.45) is 0. The van der Waals surface area contributed by atoms with Crippen LogP contribution in [0.2, 0.25) is 0 Å². The molecular formula is C14H13BrClN3O. The second kappa shape index (κ2) is 5.22. The second-order valence-electron chi connectivity index (χ2n) is 4.68. The summed E-state index contributed by atoms with van der Waals surface area (Å²) in [5, 5.41) is 4.00. The van der Waals surface area contributed by atoms with Crippen molar-refractivity contribution in [2.24, 2.45) is 0 Å². The van der Waals surface area contributed by atoms with Gasteiger partial charge in [0.05, 0.1) is 29.2 Å². The van der Waals surface area contributed by atoms with Crippen LogP contribution in [0.5, 0.6) is 0 Å². The molecule has 0 aliphatic rings. The van der Waals surface area contributed by atoms with E-state index in [0.717, 1.165) is 38.3 Å². The standard InChI is InChI=1S/C14H13BrClN3O/c1-8-11(9(2)20-18-8)7-19-13-5-10(15)3-4-12(13)17-14(19)6-16/h3-5H,6-7H2,1-2H3. The topological polar surface area (TPSA) is 43.9 Å². The molecule has 0 atom stereocenters. The maximum atomic E-state index is 6.03. The fourth-order valence-electron chi connectivity index (χ4n) is 2.31. The summed E-state index contributed by atoms with van der Waals surface area (Å²) >= 11 is 9.53. The Morgan fingerprint density at radius 2 is 2.15 bits per heavy atom. The van der Waals surface area contributed by atoms with E-state index in [1.54, 1.807) is 0 Å². The van der Waals surface area contributed by atoms with Crippen LogP contribution in [0.25, 0.3) is 11.0 Å². The summed E-state index contributed by atoms with van der Waals surface area (Å²) in [5.74, 6) is 2.05. The molecule has 0 aliphatic heterocycles. The lowest BCUT2D eigenvalue weighted by Gasteiger charge is -2.07. The second-order valence-corrected chi connectivity index (χ2v) is 5.87. The molecule has 2 aromatic heterocycles. The lowest BCUT2D eigenvalue weighted by atomic mass is 10.2. The third-order valence-electron chi connectivity index (χ3n) is 3.41. The molecule has 6 heteroatoms. The number of benzene rings is 1. The fraction of sp³-hybridized carbons (Fsp3) is 0.286. The van der Waals surface area contributed by atoms with E-state index in [1.165, 1.54) is 0 Å². The van der Waals surface area contributed by atoms with Crippen LogP contribution in [0.15, 0.2) is 27.2 Å². The Morgan fingerprint density at radius 1 is 1.35 bits per heavy atom. The van der Waals surface area contributed by atoms with Gasteiger partial charge in [-0.05, 0) is 32.0 Å². The van der Waals surface area contributed by atoms with Crippen molar-refractivity contribution in [3.05, 3.63) is 45.5 Å². The van der Waals surface area contributed by atoms with E-state index in [2.05, 4.69) is 36.7 Å². The summed E-state index contributed by atoms with van der Waals surface area (Å²) in [4.78, 5) is 4.57. The van der Waals surface area contributed by atoms with Crippen molar-refractivity contribution >= 4 is 38.6 Å². The summed E-state index contributed by atoms with van der Waals surface area (Å²) in [5.41, 5.74) is 3.97. The van der Waals surface area contributed by atoms with Gasteiger partial charge in [0, 0.05) is 10.0 Å². The predicted molar refractivity (Wildman–Crippen MR) is 82.1 cm³/mol. The molecule has 0 aliphatic carbocycles. The van der Waals surface area contributed by atoms with Gasteiger partial charge >= 0.3 is 0 Å². The first-order chi connectivity index (χ1) is 9.60. The van der Waals surface area contributed by atoms with Gasteiger partial charge in [0.15, 0.2) is 0 Å². The van der Waals surface area contributed by atoms with Crippen LogP contribution >= 0.6 is 27.5 Å². The Kier molecular flexibility index (Phi) is 3.56. The van der Waals surface area contributed by atoms with Gasteiger partial charge in [-0.2, -0.15) is 0 Å². The molecule has 0 N–H and O–H groups in total. The van der Waals surface area contributed by atoms with Crippen LogP contribution in [-0.4, -0.2) is 14.7 Å². The third kappa shape index (κ3) is 2.25. The first-order valence-corrected chi connectivity index (χ1v) is 7.55. The van der Waals surface area contributed by atoms with Crippen molar-refractivity contribution in [3.8, 4) is 0 Å². The van der Waals surface area contributed by atoms with Crippen LogP contribution in [0.1, 0.15) is 22.8 Å². The minimum Gasteiger partial charge on any atom is -0.361 e. The molecule has 0 saturated heterocycles. The Bertz CT molecular complexity index is 759. The molecule has 0 spiro atoms. The average molecular weight is 355 g/mol. The highest BCUT2D eigenvalue weighted by molar-refractivity contribution is 9.10. The van der Waals surface area contributed by atoms with Crippen LogP contribution in [0.4, 0.5) is 0 Å². The zero-order chi connectivity index (χ0) is 14.3. The van der Waals surface area contributed by atoms with Gasteiger partial charge in [-0.3, -0.25) is 0 Å². The van der Waals surface area contributed by atoms with Gasteiger partial charge < -0.3 is 9.09 Å². The highest BCUT2D eigenvalue weighted by Crippen LogP contribution is 2.24. The smallest absolute Gasteiger partial charge is 0.138 e. The zero-order valence-corrected chi connectivity index (χ0v) is 13.5. The Morgan fingerprint density at radius 3 is 2.80 bits per heavy atom. The predicted octanol–water partition coefficient (Wildman–Crippen LogP) is 4.19. The van der Waals surface area contributed by atoms with E-state index in [0.29, 0.717) is 12.4 Å². The van der Waals surface area contributed by atoms with E-state index in [9.17, 15) is 0 Å². The van der Waals surface area contributed by atoms with E-state index in [-0.39, 0.29) is 0 Å². The number of aryl methyl sites for hydroxylation is 2. The lowest BCUT2D eigenvalue weighted by molar-refractivity contribution is 0.392. The van der Waals surface area contributed by atoms with Crippen molar-refractivity contribution in [1.29, 1.82) is 0 Å². The molecule has 1 aromatic carbocycles. The van der Waals surface area contributed by atoms with Gasteiger partial charge in [0.1, 0.15) is 11.6 Å². The Hall–Kier alpha value is -1.33. The number of halogens is 2. The van der Waals surface area contributed by atoms with Crippen LogP contribution in [0, 0.1) is 13.8 Å². The van der Waals surface area contributed by atoms with Crippen molar-refractivity contribution < 1.29 is 4.52 Å². The highest BCUT2D eigenvalue weighted by Gasteiger charge is 2.15. The number of imidazole rings is 1.